The van der Waals surface area contributed by atoms with Crippen LogP contribution in [-0.2, 0) is 26.5 Å². The number of carbonyl (C=O) groups excluding carboxylic acids is 2. The minimum Gasteiger partial charge on any atom is -0.452 e. The van der Waals surface area contributed by atoms with Crippen molar-refractivity contribution in [1.29, 1.82) is 0 Å². The number of rotatable bonds is 6. The second-order valence-electron chi connectivity index (χ2n) is 5.33. The zero-order valence-corrected chi connectivity index (χ0v) is 15.0. The van der Waals surface area contributed by atoms with Gasteiger partial charge in [0.2, 0.25) is 0 Å². The van der Waals surface area contributed by atoms with Gasteiger partial charge in [0.05, 0.1) is 26.8 Å². The fourth-order valence-corrected chi connectivity index (χ4v) is 3.11. The van der Waals surface area contributed by atoms with Gasteiger partial charge in [-0.05, 0) is 30.3 Å². The molecule has 0 heterocycles. The standard InChI is InChI=1S/C18H16F3NO4S/c1-2-27(25)15-9-4-3-8-14(15)17(24)26-11-16(23)22-13-7-5-6-12(10-13)18(19,20)21/h3-10H,2,11H2,1H3,(H,22,23)/t27-/m0/s1. The van der Waals surface area contributed by atoms with Crippen LogP contribution >= 0.6 is 0 Å². The lowest BCUT2D eigenvalue weighted by Crippen LogP contribution is -2.21. The van der Waals surface area contributed by atoms with Crippen LogP contribution in [0.15, 0.2) is 53.4 Å². The van der Waals surface area contributed by atoms with E-state index >= 15 is 0 Å². The monoisotopic (exact) mass is 399 g/mol. The first-order valence-electron chi connectivity index (χ1n) is 7.84. The number of hydrogen-bond donors (Lipinski definition) is 1. The summed E-state index contributed by atoms with van der Waals surface area (Å²) in [7, 11) is -1.39. The quantitative estimate of drug-likeness (QED) is 0.753. The van der Waals surface area contributed by atoms with E-state index in [4.69, 9.17) is 4.74 Å². The van der Waals surface area contributed by atoms with Crippen molar-refractivity contribution in [1.82, 2.24) is 0 Å². The van der Waals surface area contributed by atoms with Gasteiger partial charge < -0.3 is 10.1 Å². The smallest absolute Gasteiger partial charge is 0.416 e. The molecule has 0 aliphatic heterocycles. The maximum atomic E-state index is 12.7. The van der Waals surface area contributed by atoms with Gasteiger partial charge in [-0.3, -0.25) is 9.00 Å². The third-order valence-corrected chi connectivity index (χ3v) is 4.79. The lowest BCUT2D eigenvalue weighted by Gasteiger charge is -2.11. The molecular weight excluding hydrogens is 383 g/mol. The summed E-state index contributed by atoms with van der Waals surface area (Å²) in [6.45, 7) is 1.00. The van der Waals surface area contributed by atoms with Crippen LogP contribution in [0.1, 0.15) is 22.8 Å². The van der Waals surface area contributed by atoms with Crippen molar-refractivity contribution in [2.45, 2.75) is 18.0 Å². The van der Waals surface area contributed by atoms with Crippen molar-refractivity contribution in [2.24, 2.45) is 0 Å². The van der Waals surface area contributed by atoms with E-state index in [1.165, 1.54) is 18.2 Å². The van der Waals surface area contributed by atoms with E-state index in [-0.39, 0.29) is 11.3 Å². The Morgan fingerprint density at radius 3 is 2.48 bits per heavy atom. The van der Waals surface area contributed by atoms with Gasteiger partial charge in [-0.15, -0.1) is 0 Å². The van der Waals surface area contributed by atoms with Crippen molar-refractivity contribution in [3.8, 4) is 0 Å². The Labute approximate surface area is 156 Å². The Hall–Kier alpha value is -2.68. The average molecular weight is 399 g/mol. The number of benzene rings is 2. The number of esters is 1. The Morgan fingerprint density at radius 2 is 1.81 bits per heavy atom. The molecule has 5 nitrogen and oxygen atoms in total. The lowest BCUT2D eigenvalue weighted by atomic mass is 10.2. The molecule has 0 fully saturated rings. The van der Waals surface area contributed by atoms with Gasteiger partial charge in [0, 0.05) is 11.4 Å². The van der Waals surface area contributed by atoms with Crippen molar-refractivity contribution in [3.63, 3.8) is 0 Å². The first-order chi connectivity index (χ1) is 12.7. The van der Waals surface area contributed by atoms with Gasteiger partial charge in [-0.1, -0.05) is 25.1 Å². The summed E-state index contributed by atoms with van der Waals surface area (Å²) < 4.78 is 54.9. The molecule has 1 atom stereocenters. The number of anilines is 1. The fraction of sp³-hybridized carbons (Fsp3) is 0.222. The van der Waals surface area contributed by atoms with Gasteiger partial charge >= 0.3 is 12.1 Å². The number of nitrogens with one attached hydrogen (secondary N) is 1. The molecule has 0 spiro atoms. The molecule has 144 valence electrons. The lowest BCUT2D eigenvalue weighted by molar-refractivity contribution is -0.137. The third-order valence-electron chi connectivity index (χ3n) is 3.42. The highest BCUT2D eigenvalue weighted by molar-refractivity contribution is 7.85. The van der Waals surface area contributed by atoms with Crippen LogP contribution in [-0.4, -0.2) is 28.4 Å². The normalized spacial score (nSPS) is 12.3. The zero-order chi connectivity index (χ0) is 20.0. The summed E-state index contributed by atoms with van der Waals surface area (Å²) in [5.41, 5.74) is -0.906. The van der Waals surface area contributed by atoms with Gasteiger partial charge in [0.25, 0.3) is 5.91 Å². The maximum absolute atomic E-state index is 12.7. The van der Waals surface area contributed by atoms with Crippen LogP contribution < -0.4 is 5.32 Å². The van der Waals surface area contributed by atoms with Crippen molar-refractivity contribution >= 4 is 28.4 Å². The fourth-order valence-electron chi connectivity index (χ4n) is 2.17. The van der Waals surface area contributed by atoms with E-state index in [1.54, 1.807) is 19.1 Å². The summed E-state index contributed by atoms with van der Waals surface area (Å²) in [4.78, 5) is 24.3. The Kier molecular flexibility index (Phi) is 6.73. The molecule has 0 aromatic heterocycles. The maximum Gasteiger partial charge on any atom is 0.416 e. The number of ether oxygens (including phenoxy) is 1. The van der Waals surface area contributed by atoms with E-state index < -0.39 is 41.0 Å². The number of alkyl halides is 3. The summed E-state index contributed by atoms with van der Waals surface area (Å²) in [5.74, 6) is -1.33. The SMILES string of the molecule is CC[S@](=O)c1ccccc1C(=O)OCC(=O)Nc1cccc(C(F)(F)F)c1. The molecule has 0 aliphatic carbocycles. The minimum absolute atomic E-state index is 0.0710. The predicted octanol–water partition coefficient (Wildman–Crippen LogP) is 3.63. The molecule has 27 heavy (non-hydrogen) atoms. The second kappa shape index (κ2) is 8.81. The summed E-state index contributed by atoms with van der Waals surface area (Å²) in [6, 6.07) is 10.2. The predicted molar refractivity (Wildman–Crippen MR) is 93.7 cm³/mol. The molecule has 0 radical (unpaired) electrons. The number of amides is 1. The molecule has 0 unspecified atom stereocenters. The topological polar surface area (TPSA) is 72.5 Å². The van der Waals surface area contributed by atoms with E-state index in [9.17, 15) is 27.0 Å². The minimum atomic E-state index is -4.54. The molecule has 0 aliphatic rings. The van der Waals surface area contributed by atoms with Crippen LogP contribution in [0.3, 0.4) is 0 Å². The van der Waals surface area contributed by atoms with Crippen molar-refractivity contribution in [2.75, 3.05) is 17.7 Å². The van der Waals surface area contributed by atoms with Gasteiger partial charge in [-0.2, -0.15) is 13.2 Å². The molecule has 9 heteroatoms. The van der Waals surface area contributed by atoms with E-state index in [2.05, 4.69) is 5.32 Å². The summed E-state index contributed by atoms with van der Waals surface area (Å²) >= 11 is 0. The van der Waals surface area contributed by atoms with Crippen LogP contribution in [0.5, 0.6) is 0 Å². The highest BCUT2D eigenvalue weighted by atomic mass is 32.2. The molecule has 1 amide bonds. The molecule has 1 N–H and O–H groups in total. The second-order valence-corrected chi connectivity index (χ2v) is 7.04. The first kappa shape index (κ1) is 20.6. The molecular formula is C18H16F3NO4S. The van der Waals surface area contributed by atoms with E-state index in [1.807, 2.05) is 0 Å². The molecule has 0 bridgehead atoms. The van der Waals surface area contributed by atoms with Gasteiger partial charge in [0.15, 0.2) is 6.61 Å². The highest BCUT2D eigenvalue weighted by Crippen LogP contribution is 2.30. The summed E-state index contributed by atoms with van der Waals surface area (Å²) in [6.07, 6.45) is -4.54. The number of hydrogen-bond acceptors (Lipinski definition) is 4. The van der Waals surface area contributed by atoms with Gasteiger partial charge in [0.1, 0.15) is 0 Å². The Balaban J connectivity index is 2.00. The van der Waals surface area contributed by atoms with Crippen molar-refractivity contribution in [3.05, 3.63) is 59.7 Å². The van der Waals surface area contributed by atoms with E-state index in [0.29, 0.717) is 10.6 Å². The molecule has 2 aromatic rings. The Bertz CT molecular complexity index is 868. The first-order valence-corrected chi connectivity index (χ1v) is 9.16. The average Bonchev–Trinajstić information content (AvgIpc) is 2.65. The number of halogens is 3. The third kappa shape index (κ3) is 5.65. The molecule has 0 saturated heterocycles. The molecule has 2 aromatic carbocycles. The molecule has 2 rings (SSSR count). The molecule has 0 saturated carbocycles. The van der Waals surface area contributed by atoms with Crippen LogP contribution in [0, 0.1) is 0 Å². The van der Waals surface area contributed by atoms with E-state index in [0.717, 1.165) is 18.2 Å². The van der Waals surface area contributed by atoms with Crippen LogP contribution in [0.25, 0.3) is 0 Å². The van der Waals surface area contributed by atoms with Crippen LogP contribution in [0.2, 0.25) is 0 Å². The summed E-state index contributed by atoms with van der Waals surface area (Å²) in [5, 5.41) is 2.23. The van der Waals surface area contributed by atoms with Gasteiger partial charge in [-0.25, -0.2) is 4.79 Å². The zero-order valence-electron chi connectivity index (χ0n) is 14.2. The largest absolute Gasteiger partial charge is 0.452 e. The van der Waals surface area contributed by atoms with Crippen molar-refractivity contribution < 1.29 is 31.7 Å². The number of carbonyl (C=O) groups is 2. The highest BCUT2D eigenvalue weighted by Gasteiger charge is 2.30. The Morgan fingerprint density at radius 1 is 1.11 bits per heavy atom. The van der Waals surface area contributed by atoms with Crippen LogP contribution in [0.4, 0.5) is 18.9 Å².